The number of carbonyl (C=O) groups is 1. The average molecular weight is 289 g/mol. The van der Waals surface area contributed by atoms with E-state index in [0.29, 0.717) is 30.4 Å². The summed E-state index contributed by atoms with van der Waals surface area (Å²) in [6.07, 6.45) is 2.42. The molecule has 0 aromatic carbocycles. The fraction of sp³-hybridized carbons (Fsp3) is 0.833. The summed E-state index contributed by atoms with van der Waals surface area (Å²) in [5.41, 5.74) is 5.43. The average Bonchev–Trinajstić information content (AvgIpc) is 2.86. The number of rotatable bonds is 7. The first-order valence-electron chi connectivity index (χ1n) is 6.31. The largest absolute Gasteiger partial charge is 0.393 e. The van der Waals surface area contributed by atoms with E-state index in [1.54, 1.807) is 4.90 Å². The van der Waals surface area contributed by atoms with Gasteiger partial charge in [-0.05, 0) is 19.2 Å². The van der Waals surface area contributed by atoms with Gasteiger partial charge in [-0.25, -0.2) is 0 Å². The summed E-state index contributed by atoms with van der Waals surface area (Å²) in [4.78, 5) is 16.4. The number of hydrogen-bond donors (Lipinski definition) is 1. The van der Waals surface area contributed by atoms with Gasteiger partial charge in [0.05, 0.1) is 4.99 Å². The number of thiocarbonyl (C=S) groups is 1. The van der Waals surface area contributed by atoms with Gasteiger partial charge in [0.15, 0.2) is 0 Å². The van der Waals surface area contributed by atoms with Crippen molar-refractivity contribution in [1.29, 1.82) is 0 Å². The Morgan fingerprint density at radius 3 is 2.67 bits per heavy atom. The Morgan fingerprint density at radius 1 is 1.39 bits per heavy atom. The Balaban J connectivity index is 2.20. The van der Waals surface area contributed by atoms with Crippen molar-refractivity contribution < 1.29 is 4.79 Å². The molecule has 0 aromatic rings. The first-order chi connectivity index (χ1) is 8.50. The third kappa shape index (κ3) is 5.54. The zero-order valence-corrected chi connectivity index (χ0v) is 12.9. The minimum atomic E-state index is 0.170. The van der Waals surface area contributed by atoms with Gasteiger partial charge in [0.1, 0.15) is 0 Å². The van der Waals surface area contributed by atoms with Crippen molar-refractivity contribution in [3.8, 4) is 0 Å². The molecule has 1 atom stereocenters. The molecule has 2 N–H and O–H groups in total. The highest BCUT2D eigenvalue weighted by Gasteiger charge is 2.20. The number of amides is 1. The van der Waals surface area contributed by atoms with E-state index >= 15 is 0 Å². The second kappa shape index (κ2) is 7.96. The molecule has 1 aliphatic heterocycles. The van der Waals surface area contributed by atoms with E-state index < -0.39 is 0 Å². The number of carbonyl (C=O) groups excluding carboxylic acids is 1. The van der Waals surface area contributed by atoms with Gasteiger partial charge < -0.3 is 15.5 Å². The van der Waals surface area contributed by atoms with Gasteiger partial charge in [-0.2, -0.15) is 11.8 Å². The Labute approximate surface area is 119 Å². The van der Waals surface area contributed by atoms with Gasteiger partial charge in [0.2, 0.25) is 5.91 Å². The normalized spacial score (nSPS) is 19.2. The highest BCUT2D eigenvalue weighted by molar-refractivity contribution is 7.99. The third-order valence-corrected chi connectivity index (χ3v) is 4.68. The zero-order valence-electron chi connectivity index (χ0n) is 11.2. The van der Waals surface area contributed by atoms with Crippen LogP contribution in [-0.2, 0) is 4.79 Å². The summed E-state index contributed by atoms with van der Waals surface area (Å²) < 4.78 is 0. The molecule has 1 aliphatic rings. The van der Waals surface area contributed by atoms with E-state index in [1.165, 1.54) is 17.9 Å². The van der Waals surface area contributed by atoms with Crippen molar-refractivity contribution in [3.63, 3.8) is 0 Å². The van der Waals surface area contributed by atoms with E-state index in [0.717, 1.165) is 6.54 Å². The maximum Gasteiger partial charge on any atom is 0.223 e. The summed E-state index contributed by atoms with van der Waals surface area (Å²) in [6.45, 7) is 1.46. The van der Waals surface area contributed by atoms with Crippen LogP contribution < -0.4 is 5.73 Å². The van der Waals surface area contributed by atoms with Gasteiger partial charge in [0.25, 0.3) is 0 Å². The second-order valence-electron chi connectivity index (χ2n) is 4.78. The summed E-state index contributed by atoms with van der Waals surface area (Å²) in [5.74, 6) is 2.61. The van der Waals surface area contributed by atoms with Crippen LogP contribution in [0, 0.1) is 0 Å². The minimum Gasteiger partial charge on any atom is -0.393 e. The lowest BCUT2D eigenvalue weighted by molar-refractivity contribution is -0.130. The second-order valence-corrected chi connectivity index (χ2v) is 6.45. The van der Waals surface area contributed by atoms with Crippen molar-refractivity contribution >= 4 is 34.9 Å². The molecular weight excluding hydrogens is 266 g/mol. The highest BCUT2D eigenvalue weighted by Crippen LogP contribution is 2.21. The van der Waals surface area contributed by atoms with Gasteiger partial charge in [-0.15, -0.1) is 0 Å². The monoisotopic (exact) mass is 289 g/mol. The fourth-order valence-corrected chi connectivity index (χ4v) is 3.31. The van der Waals surface area contributed by atoms with Crippen LogP contribution in [0.25, 0.3) is 0 Å². The van der Waals surface area contributed by atoms with E-state index in [-0.39, 0.29) is 5.91 Å². The van der Waals surface area contributed by atoms with Gasteiger partial charge >= 0.3 is 0 Å². The van der Waals surface area contributed by atoms with Crippen LogP contribution in [0.2, 0.25) is 0 Å². The Bertz CT molecular complexity index is 293. The minimum absolute atomic E-state index is 0.170. The first-order valence-corrected chi connectivity index (χ1v) is 7.87. The van der Waals surface area contributed by atoms with Crippen molar-refractivity contribution in [3.05, 3.63) is 0 Å². The van der Waals surface area contributed by atoms with Crippen LogP contribution in [0.15, 0.2) is 0 Å². The number of hydrogen-bond acceptors (Lipinski definition) is 4. The van der Waals surface area contributed by atoms with Crippen LogP contribution in [0.5, 0.6) is 0 Å². The molecule has 4 nitrogen and oxygen atoms in total. The van der Waals surface area contributed by atoms with E-state index in [4.69, 9.17) is 18.0 Å². The fourth-order valence-electron chi connectivity index (χ4n) is 1.92. The summed E-state index contributed by atoms with van der Waals surface area (Å²) in [5, 5.41) is 0. The molecule has 0 radical (unpaired) electrons. The number of thioether (sulfide) groups is 1. The van der Waals surface area contributed by atoms with Crippen LogP contribution in [0.4, 0.5) is 0 Å². The summed E-state index contributed by atoms with van der Waals surface area (Å²) in [6, 6.07) is 0.643. The lowest BCUT2D eigenvalue weighted by Gasteiger charge is -2.24. The Morgan fingerprint density at radius 2 is 2.11 bits per heavy atom. The molecule has 1 rings (SSSR count). The van der Waals surface area contributed by atoms with Crippen molar-refractivity contribution in [1.82, 2.24) is 9.80 Å². The molecule has 0 bridgehead atoms. The lowest BCUT2D eigenvalue weighted by Crippen LogP contribution is -2.36. The molecule has 1 unspecified atom stereocenters. The quantitative estimate of drug-likeness (QED) is 0.707. The first kappa shape index (κ1) is 15.7. The Kier molecular flexibility index (Phi) is 6.96. The molecule has 104 valence electrons. The van der Waals surface area contributed by atoms with Crippen molar-refractivity contribution in [2.24, 2.45) is 5.73 Å². The van der Waals surface area contributed by atoms with Gasteiger partial charge in [0, 0.05) is 44.8 Å². The third-order valence-electron chi connectivity index (χ3n) is 3.33. The van der Waals surface area contributed by atoms with Crippen LogP contribution in [0.3, 0.4) is 0 Å². The van der Waals surface area contributed by atoms with Crippen molar-refractivity contribution in [2.45, 2.75) is 25.3 Å². The summed E-state index contributed by atoms with van der Waals surface area (Å²) in [7, 11) is 3.92. The SMILES string of the molecule is CN(CCC(N)=S)C(=O)CCN(C)C1CCSC1. The molecule has 0 aromatic heterocycles. The molecule has 0 spiro atoms. The maximum atomic E-state index is 11.9. The molecule has 1 fully saturated rings. The lowest BCUT2D eigenvalue weighted by atomic mass is 10.2. The standard InChI is InChI=1S/C12H23N3OS2/c1-14(10-5-8-18-9-10)7-4-12(16)15(2)6-3-11(13)17/h10H,3-9H2,1-2H3,(H2,13,17). The molecule has 0 saturated carbocycles. The smallest absolute Gasteiger partial charge is 0.223 e. The zero-order chi connectivity index (χ0) is 13.5. The molecule has 1 amide bonds. The topological polar surface area (TPSA) is 49.6 Å². The van der Waals surface area contributed by atoms with Gasteiger partial charge in [-0.1, -0.05) is 12.2 Å². The molecular formula is C12H23N3OS2. The molecule has 1 saturated heterocycles. The molecule has 1 heterocycles. The predicted molar refractivity (Wildman–Crippen MR) is 82.0 cm³/mol. The molecule has 0 aliphatic carbocycles. The van der Waals surface area contributed by atoms with Crippen LogP contribution >= 0.6 is 24.0 Å². The van der Waals surface area contributed by atoms with E-state index in [1.807, 2.05) is 18.8 Å². The Hall–Kier alpha value is -0.330. The van der Waals surface area contributed by atoms with Gasteiger partial charge in [-0.3, -0.25) is 4.79 Å². The molecule has 18 heavy (non-hydrogen) atoms. The van der Waals surface area contributed by atoms with Crippen LogP contribution in [-0.4, -0.2) is 65.4 Å². The maximum absolute atomic E-state index is 11.9. The summed E-state index contributed by atoms with van der Waals surface area (Å²) >= 11 is 6.81. The van der Waals surface area contributed by atoms with Crippen molar-refractivity contribution in [2.75, 3.05) is 38.7 Å². The molecule has 6 heteroatoms. The van der Waals surface area contributed by atoms with E-state index in [9.17, 15) is 4.79 Å². The number of nitrogens with zero attached hydrogens (tertiary/aromatic N) is 2. The highest BCUT2D eigenvalue weighted by atomic mass is 32.2. The van der Waals surface area contributed by atoms with Crippen LogP contribution in [0.1, 0.15) is 19.3 Å². The van der Waals surface area contributed by atoms with E-state index in [2.05, 4.69) is 11.9 Å². The number of nitrogens with two attached hydrogens (primary N) is 1. The predicted octanol–water partition coefficient (Wildman–Crippen LogP) is 0.948.